The highest BCUT2D eigenvalue weighted by molar-refractivity contribution is 6.44. The zero-order chi connectivity index (χ0) is 10.1. The first-order valence-electron chi connectivity index (χ1n) is 4.19. The van der Waals surface area contributed by atoms with Crippen molar-refractivity contribution in [3.05, 3.63) is 0 Å². The van der Waals surface area contributed by atoms with Crippen LogP contribution in [0.4, 0.5) is 0 Å². The van der Waals surface area contributed by atoms with Crippen LogP contribution in [0.5, 0.6) is 0 Å². The van der Waals surface area contributed by atoms with E-state index in [1.807, 2.05) is 0 Å². The molecule has 0 atom stereocenters. The summed E-state index contributed by atoms with van der Waals surface area (Å²) < 4.78 is 10.3. The van der Waals surface area contributed by atoms with Crippen molar-refractivity contribution < 1.29 is 18.5 Å². The molecule has 0 aromatic carbocycles. The van der Waals surface area contributed by atoms with Crippen molar-refractivity contribution in [1.29, 1.82) is 0 Å². The van der Waals surface area contributed by atoms with Crippen molar-refractivity contribution in [3.63, 3.8) is 0 Å². The molecule has 0 aliphatic carbocycles. The van der Waals surface area contributed by atoms with Crippen LogP contribution in [-0.4, -0.2) is 49.5 Å². The van der Waals surface area contributed by atoms with Crippen molar-refractivity contribution in [2.24, 2.45) is 0 Å². The molecule has 5 nitrogen and oxygen atoms in total. The van der Waals surface area contributed by atoms with E-state index in [9.17, 15) is 0 Å². The quantitative estimate of drug-likeness (QED) is 0.425. The van der Waals surface area contributed by atoms with Gasteiger partial charge in [-0.05, 0) is 12.5 Å². The van der Waals surface area contributed by atoms with Crippen LogP contribution in [0.25, 0.3) is 0 Å². The van der Waals surface area contributed by atoms with Gasteiger partial charge >= 0.3 is 9.28 Å². The van der Waals surface area contributed by atoms with Crippen LogP contribution in [0, 0.1) is 0 Å². The fraction of sp³-hybridized carbons (Fsp3) is 1.00. The molecule has 13 heavy (non-hydrogen) atoms. The first-order chi connectivity index (χ1) is 6.28. The van der Waals surface area contributed by atoms with E-state index >= 15 is 0 Å². The van der Waals surface area contributed by atoms with Gasteiger partial charge in [-0.2, -0.15) is 0 Å². The Balaban J connectivity index is 3.41. The Morgan fingerprint density at radius 2 is 1.54 bits per heavy atom. The number of hydrogen-bond acceptors (Lipinski definition) is 5. The normalized spacial score (nSPS) is 11.5. The van der Waals surface area contributed by atoms with Crippen molar-refractivity contribution in [2.45, 2.75) is 12.5 Å². The van der Waals surface area contributed by atoms with Crippen LogP contribution in [0.2, 0.25) is 6.04 Å². The molecule has 0 saturated heterocycles. The van der Waals surface area contributed by atoms with E-state index in [1.165, 1.54) is 5.23 Å². The van der Waals surface area contributed by atoms with Gasteiger partial charge in [-0.25, -0.2) is 0 Å². The Bertz CT molecular complexity index is 96.7. The summed E-state index contributed by atoms with van der Waals surface area (Å²) in [6, 6.07) is 0.955. The Morgan fingerprint density at radius 1 is 1.00 bits per heavy atom. The molecule has 0 heterocycles. The van der Waals surface area contributed by atoms with Gasteiger partial charge in [0.15, 0.2) is 0 Å². The molecule has 0 rings (SSSR count). The smallest absolute Gasteiger partial charge is 0.320 e. The Labute approximate surface area is 81.3 Å². The second-order valence-corrected chi connectivity index (χ2v) is 4.84. The van der Waals surface area contributed by atoms with Crippen molar-refractivity contribution in [3.8, 4) is 0 Å². The van der Waals surface area contributed by atoms with Gasteiger partial charge in [0, 0.05) is 14.2 Å². The van der Waals surface area contributed by atoms with E-state index in [0.29, 0.717) is 0 Å². The third-order valence-corrected chi connectivity index (χ3v) is 3.64. The molecular formula is C7H19NO4Si. The van der Waals surface area contributed by atoms with E-state index in [2.05, 4.69) is 0 Å². The monoisotopic (exact) mass is 209 g/mol. The lowest BCUT2D eigenvalue weighted by molar-refractivity contribution is -0.342. The third-order valence-electron chi connectivity index (χ3n) is 1.71. The van der Waals surface area contributed by atoms with Gasteiger partial charge in [0.25, 0.3) is 0 Å². The topological polar surface area (TPSA) is 40.2 Å². The lowest BCUT2D eigenvalue weighted by atomic mass is 10.5. The average Bonchev–Trinajstić information content (AvgIpc) is 2.19. The first-order valence-corrected chi connectivity index (χ1v) is 5.95. The maximum atomic E-state index is 5.17. The van der Waals surface area contributed by atoms with Crippen LogP contribution in [0.3, 0.4) is 0 Å². The summed E-state index contributed by atoms with van der Waals surface area (Å²) in [6.45, 7) is 0.725. The van der Waals surface area contributed by atoms with Crippen LogP contribution in [-0.2, 0) is 18.5 Å². The highest BCUT2D eigenvalue weighted by Gasteiger charge is 2.10. The molecule has 0 aliphatic rings. The van der Waals surface area contributed by atoms with Crippen LogP contribution in [0.15, 0.2) is 0 Å². The van der Waals surface area contributed by atoms with Crippen LogP contribution in [0.1, 0.15) is 6.42 Å². The predicted octanol–water partition coefficient (Wildman–Crippen LogP) is 0.315. The lowest BCUT2D eigenvalue weighted by Gasteiger charge is -2.17. The molecule has 0 bridgehead atoms. The second-order valence-electron chi connectivity index (χ2n) is 2.46. The average molecular weight is 209 g/mol. The molecule has 0 fully saturated rings. The molecular weight excluding hydrogens is 190 g/mol. The van der Waals surface area contributed by atoms with E-state index in [0.717, 1.165) is 19.0 Å². The highest BCUT2D eigenvalue weighted by atomic mass is 28.3. The Hall–Kier alpha value is 0.0169. The molecule has 0 radical (unpaired) electrons. The Kier molecular flexibility index (Phi) is 8.62. The van der Waals surface area contributed by atoms with Crippen LogP contribution >= 0.6 is 0 Å². The minimum absolute atomic E-state index is 0.725. The summed E-state index contributed by atoms with van der Waals surface area (Å²) in [4.78, 5) is 9.79. The molecule has 0 saturated carbocycles. The molecule has 0 spiro atoms. The van der Waals surface area contributed by atoms with E-state index in [1.54, 1.807) is 28.4 Å². The number of hydrogen-bond donors (Lipinski definition) is 0. The first kappa shape index (κ1) is 13.0. The van der Waals surface area contributed by atoms with Gasteiger partial charge in [0.05, 0.1) is 20.8 Å². The van der Waals surface area contributed by atoms with Gasteiger partial charge in [0.2, 0.25) is 0 Å². The summed E-state index contributed by atoms with van der Waals surface area (Å²) in [7, 11) is 5.11. The molecule has 80 valence electrons. The Morgan fingerprint density at radius 3 is 1.92 bits per heavy atom. The summed E-state index contributed by atoms with van der Waals surface area (Å²) in [5, 5.41) is 1.43. The summed E-state index contributed by atoms with van der Waals surface area (Å²) in [5.41, 5.74) is 0. The van der Waals surface area contributed by atoms with Gasteiger partial charge in [-0.1, -0.05) is 5.23 Å². The molecule has 0 unspecified atom stereocenters. The van der Waals surface area contributed by atoms with E-state index < -0.39 is 9.28 Å². The fourth-order valence-electron chi connectivity index (χ4n) is 0.976. The predicted molar refractivity (Wildman–Crippen MR) is 51.3 cm³/mol. The van der Waals surface area contributed by atoms with Gasteiger partial charge in [-0.15, -0.1) is 0 Å². The second kappa shape index (κ2) is 8.61. The minimum Gasteiger partial charge on any atom is -0.400 e. The van der Waals surface area contributed by atoms with Crippen molar-refractivity contribution in [1.82, 2.24) is 5.23 Å². The highest BCUT2D eigenvalue weighted by Crippen LogP contribution is 2.01. The number of hydroxylamine groups is 2. The standard InChI is InChI=1S/C7H19NO4Si/c1-9-8(10-2)6-5-7-13(11-3)12-4/h13H,5-7H2,1-4H3. The molecule has 0 aliphatic heterocycles. The number of rotatable bonds is 8. The number of nitrogens with zero attached hydrogens (tertiary/aromatic N) is 1. The molecule has 0 N–H and O–H groups in total. The molecule has 6 heteroatoms. The lowest BCUT2D eigenvalue weighted by Crippen LogP contribution is -2.25. The SMILES string of the molecule is CON(CCC[SiH](OC)OC)OC. The minimum atomic E-state index is -1.41. The summed E-state index contributed by atoms with van der Waals surface area (Å²) >= 11 is 0. The molecule has 0 aromatic heterocycles. The van der Waals surface area contributed by atoms with E-state index in [4.69, 9.17) is 18.5 Å². The largest absolute Gasteiger partial charge is 0.400 e. The van der Waals surface area contributed by atoms with Crippen molar-refractivity contribution in [2.75, 3.05) is 35.0 Å². The summed E-state index contributed by atoms with van der Waals surface area (Å²) in [5.74, 6) is 0. The van der Waals surface area contributed by atoms with E-state index in [-0.39, 0.29) is 0 Å². The zero-order valence-electron chi connectivity index (χ0n) is 8.78. The maximum absolute atomic E-state index is 5.17. The van der Waals surface area contributed by atoms with Crippen LogP contribution < -0.4 is 0 Å². The maximum Gasteiger partial charge on any atom is 0.320 e. The summed E-state index contributed by atoms with van der Waals surface area (Å²) in [6.07, 6.45) is 0.945. The van der Waals surface area contributed by atoms with Gasteiger partial charge in [0.1, 0.15) is 0 Å². The molecule has 0 aromatic rings. The zero-order valence-corrected chi connectivity index (χ0v) is 9.93. The fourth-order valence-corrected chi connectivity index (χ4v) is 2.16. The van der Waals surface area contributed by atoms with Crippen molar-refractivity contribution >= 4 is 9.28 Å². The molecule has 0 amide bonds. The van der Waals surface area contributed by atoms with Gasteiger partial charge in [-0.3, -0.25) is 9.68 Å². The third kappa shape index (κ3) is 6.14. The van der Waals surface area contributed by atoms with Gasteiger partial charge < -0.3 is 8.85 Å².